The van der Waals surface area contributed by atoms with Crippen LogP contribution in [-0.4, -0.2) is 24.0 Å². The summed E-state index contributed by atoms with van der Waals surface area (Å²) < 4.78 is 0. The van der Waals surface area contributed by atoms with Gasteiger partial charge in [0, 0.05) is 25.0 Å². The molecule has 0 bridgehead atoms. The second kappa shape index (κ2) is 6.55. The fourth-order valence-electron chi connectivity index (χ4n) is 2.34. The van der Waals surface area contributed by atoms with E-state index in [9.17, 15) is 4.79 Å². The van der Waals surface area contributed by atoms with E-state index in [-0.39, 0.29) is 5.91 Å². The first kappa shape index (κ1) is 13.8. The van der Waals surface area contributed by atoms with Gasteiger partial charge in [-0.2, -0.15) is 0 Å². The molecular formula is C15H23N3O. The van der Waals surface area contributed by atoms with E-state index < -0.39 is 0 Å². The highest BCUT2D eigenvalue weighted by Gasteiger charge is 2.17. The number of rotatable bonds is 6. The fraction of sp³-hybridized carbons (Fsp3) is 0.600. The minimum atomic E-state index is -0.0252. The van der Waals surface area contributed by atoms with E-state index in [2.05, 4.69) is 15.6 Å². The Morgan fingerprint density at radius 1 is 1.47 bits per heavy atom. The van der Waals surface area contributed by atoms with E-state index in [0.717, 1.165) is 36.8 Å². The number of amides is 1. The smallest absolute Gasteiger partial charge is 0.254 e. The Labute approximate surface area is 115 Å². The van der Waals surface area contributed by atoms with Crippen molar-refractivity contribution < 1.29 is 4.79 Å². The third-order valence-corrected chi connectivity index (χ3v) is 3.72. The molecule has 0 aliphatic heterocycles. The fourth-order valence-corrected chi connectivity index (χ4v) is 2.34. The molecule has 104 valence electrons. The Bertz CT molecular complexity index is 441. The molecular weight excluding hydrogens is 238 g/mol. The van der Waals surface area contributed by atoms with Gasteiger partial charge in [-0.3, -0.25) is 9.78 Å². The quantitative estimate of drug-likeness (QED) is 0.828. The Morgan fingerprint density at radius 3 is 2.89 bits per heavy atom. The van der Waals surface area contributed by atoms with E-state index in [1.807, 2.05) is 19.9 Å². The number of hydrogen-bond acceptors (Lipinski definition) is 3. The molecule has 1 saturated carbocycles. The maximum atomic E-state index is 12.1. The molecule has 4 nitrogen and oxygen atoms in total. The average Bonchev–Trinajstić information content (AvgIpc) is 2.32. The number of pyridine rings is 1. The summed E-state index contributed by atoms with van der Waals surface area (Å²) in [7, 11) is 0. The van der Waals surface area contributed by atoms with Crippen molar-refractivity contribution in [3.63, 3.8) is 0 Å². The highest BCUT2D eigenvalue weighted by Crippen LogP contribution is 2.28. The lowest BCUT2D eigenvalue weighted by molar-refractivity contribution is 0.0949. The molecule has 0 unspecified atom stereocenters. The molecule has 0 aromatic carbocycles. The summed E-state index contributed by atoms with van der Waals surface area (Å²) in [5, 5.41) is 6.22. The molecule has 1 heterocycles. The van der Waals surface area contributed by atoms with Gasteiger partial charge in [-0.25, -0.2) is 0 Å². The van der Waals surface area contributed by atoms with Crippen molar-refractivity contribution in [3.8, 4) is 0 Å². The molecule has 19 heavy (non-hydrogen) atoms. The predicted octanol–water partition coefficient (Wildman–Crippen LogP) is 2.74. The first-order chi connectivity index (χ1) is 9.20. The van der Waals surface area contributed by atoms with Crippen molar-refractivity contribution in [1.82, 2.24) is 10.3 Å². The lowest BCUT2D eigenvalue weighted by atomic mass is 9.83. The van der Waals surface area contributed by atoms with Crippen LogP contribution in [0.3, 0.4) is 0 Å². The Hall–Kier alpha value is -1.58. The zero-order chi connectivity index (χ0) is 13.7. The van der Waals surface area contributed by atoms with Crippen LogP contribution >= 0.6 is 0 Å². The number of aryl methyl sites for hydroxylation is 1. The molecule has 2 N–H and O–H groups in total. The molecule has 1 aromatic heterocycles. The van der Waals surface area contributed by atoms with Gasteiger partial charge in [0.2, 0.25) is 0 Å². The molecule has 0 radical (unpaired) electrons. The number of carbonyl (C=O) groups excluding carboxylic acids is 1. The van der Waals surface area contributed by atoms with Gasteiger partial charge in [0.25, 0.3) is 5.91 Å². The van der Waals surface area contributed by atoms with E-state index >= 15 is 0 Å². The highest BCUT2D eigenvalue weighted by molar-refractivity contribution is 5.99. The van der Waals surface area contributed by atoms with Gasteiger partial charge < -0.3 is 10.6 Å². The summed E-state index contributed by atoms with van der Waals surface area (Å²) >= 11 is 0. The van der Waals surface area contributed by atoms with Crippen LogP contribution in [0.15, 0.2) is 12.3 Å². The molecule has 2 rings (SSSR count). The first-order valence-corrected chi connectivity index (χ1v) is 7.19. The normalized spacial score (nSPS) is 14.8. The third-order valence-electron chi connectivity index (χ3n) is 3.72. The lowest BCUT2D eigenvalue weighted by Crippen LogP contribution is -2.28. The summed E-state index contributed by atoms with van der Waals surface area (Å²) in [5.41, 5.74) is 2.43. The summed E-state index contributed by atoms with van der Waals surface area (Å²) in [5.74, 6) is 0.799. The highest BCUT2D eigenvalue weighted by atomic mass is 16.1. The Kier molecular flexibility index (Phi) is 4.77. The standard InChI is InChI=1S/C15H23N3O/c1-3-16-14-9-11(2)18-10-13(14)15(19)17-8-7-12-5-4-6-12/h9-10,12H,3-8H2,1-2H3,(H,16,18)(H,17,19). The average molecular weight is 261 g/mol. The largest absolute Gasteiger partial charge is 0.385 e. The minimum absolute atomic E-state index is 0.0252. The SMILES string of the molecule is CCNc1cc(C)ncc1C(=O)NCCC1CCC1. The van der Waals surface area contributed by atoms with E-state index in [0.29, 0.717) is 5.56 Å². The Morgan fingerprint density at radius 2 is 2.26 bits per heavy atom. The van der Waals surface area contributed by atoms with Crippen molar-refractivity contribution >= 4 is 11.6 Å². The summed E-state index contributed by atoms with van der Waals surface area (Å²) in [4.78, 5) is 16.4. The molecule has 0 spiro atoms. The zero-order valence-corrected chi connectivity index (χ0v) is 11.8. The number of carbonyl (C=O) groups is 1. The van der Waals surface area contributed by atoms with Gasteiger partial charge in [0.15, 0.2) is 0 Å². The first-order valence-electron chi connectivity index (χ1n) is 7.19. The van der Waals surface area contributed by atoms with Gasteiger partial charge in [0.05, 0.1) is 11.3 Å². The Balaban J connectivity index is 1.92. The van der Waals surface area contributed by atoms with Crippen LogP contribution in [0.4, 0.5) is 5.69 Å². The van der Waals surface area contributed by atoms with Crippen LogP contribution in [0.2, 0.25) is 0 Å². The lowest BCUT2D eigenvalue weighted by Gasteiger charge is -2.25. The van der Waals surface area contributed by atoms with Gasteiger partial charge in [0.1, 0.15) is 0 Å². The molecule has 1 aromatic rings. The predicted molar refractivity (Wildman–Crippen MR) is 77.4 cm³/mol. The summed E-state index contributed by atoms with van der Waals surface area (Å²) in [6.45, 7) is 5.52. The van der Waals surface area contributed by atoms with E-state index in [1.165, 1.54) is 19.3 Å². The number of nitrogens with zero attached hydrogens (tertiary/aromatic N) is 1. The number of aromatic nitrogens is 1. The zero-order valence-electron chi connectivity index (χ0n) is 11.8. The second-order valence-corrected chi connectivity index (χ2v) is 5.24. The topological polar surface area (TPSA) is 54.0 Å². The molecule has 1 fully saturated rings. The summed E-state index contributed by atoms with van der Waals surface area (Å²) in [6, 6.07) is 1.92. The number of hydrogen-bond donors (Lipinski definition) is 2. The van der Waals surface area contributed by atoms with E-state index in [4.69, 9.17) is 0 Å². The summed E-state index contributed by atoms with van der Waals surface area (Å²) in [6.07, 6.45) is 6.76. The van der Waals surface area contributed by atoms with Gasteiger partial charge in [-0.1, -0.05) is 19.3 Å². The minimum Gasteiger partial charge on any atom is -0.385 e. The molecule has 1 amide bonds. The third kappa shape index (κ3) is 3.69. The van der Waals surface area contributed by atoms with Crippen molar-refractivity contribution in [2.75, 3.05) is 18.4 Å². The number of nitrogens with one attached hydrogen (secondary N) is 2. The van der Waals surface area contributed by atoms with Crippen LogP contribution < -0.4 is 10.6 Å². The van der Waals surface area contributed by atoms with Crippen molar-refractivity contribution in [2.45, 2.75) is 39.5 Å². The maximum Gasteiger partial charge on any atom is 0.254 e. The van der Waals surface area contributed by atoms with Crippen LogP contribution in [0, 0.1) is 12.8 Å². The molecule has 0 atom stereocenters. The van der Waals surface area contributed by atoms with Gasteiger partial charge in [-0.05, 0) is 32.3 Å². The van der Waals surface area contributed by atoms with Crippen molar-refractivity contribution in [3.05, 3.63) is 23.5 Å². The van der Waals surface area contributed by atoms with Crippen LogP contribution in [0.5, 0.6) is 0 Å². The van der Waals surface area contributed by atoms with Crippen LogP contribution in [0.1, 0.15) is 48.7 Å². The van der Waals surface area contributed by atoms with Gasteiger partial charge >= 0.3 is 0 Å². The van der Waals surface area contributed by atoms with Crippen molar-refractivity contribution in [1.29, 1.82) is 0 Å². The van der Waals surface area contributed by atoms with Gasteiger partial charge in [-0.15, -0.1) is 0 Å². The molecule has 4 heteroatoms. The molecule has 1 aliphatic carbocycles. The van der Waals surface area contributed by atoms with Crippen molar-refractivity contribution in [2.24, 2.45) is 5.92 Å². The monoisotopic (exact) mass is 261 g/mol. The van der Waals surface area contributed by atoms with Crippen LogP contribution in [-0.2, 0) is 0 Å². The maximum absolute atomic E-state index is 12.1. The number of anilines is 1. The molecule has 0 saturated heterocycles. The molecule has 1 aliphatic rings. The second-order valence-electron chi connectivity index (χ2n) is 5.24. The van der Waals surface area contributed by atoms with E-state index in [1.54, 1.807) is 6.20 Å². The van der Waals surface area contributed by atoms with Crippen LogP contribution in [0.25, 0.3) is 0 Å².